The second-order valence-electron chi connectivity index (χ2n) is 5.28. The molecule has 1 heterocycles. The van der Waals surface area contributed by atoms with Crippen molar-refractivity contribution < 1.29 is 5.11 Å². The van der Waals surface area contributed by atoms with Crippen LogP contribution in [0.1, 0.15) is 48.1 Å². The fourth-order valence-electron chi connectivity index (χ4n) is 2.92. The predicted molar refractivity (Wildman–Crippen MR) is 70.4 cm³/mol. The number of fused-ring (bicyclic) bond motifs is 1. The summed E-state index contributed by atoms with van der Waals surface area (Å²) in [7, 11) is 0. The third-order valence-corrected chi connectivity index (χ3v) is 3.88. The SMILES string of the molecule is Cc1cnn(C2CC(C)c3ccccc3C2O)c1. The molecule has 3 atom stereocenters. The van der Waals surface area contributed by atoms with Crippen LogP contribution in [-0.4, -0.2) is 14.9 Å². The Morgan fingerprint density at radius 2 is 2.00 bits per heavy atom. The molecule has 0 saturated heterocycles. The van der Waals surface area contributed by atoms with Crippen molar-refractivity contribution in [1.82, 2.24) is 9.78 Å². The van der Waals surface area contributed by atoms with E-state index in [0.29, 0.717) is 5.92 Å². The summed E-state index contributed by atoms with van der Waals surface area (Å²) < 4.78 is 1.91. The molecule has 18 heavy (non-hydrogen) atoms. The Hall–Kier alpha value is -1.61. The minimum atomic E-state index is -0.461. The summed E-state index contributed by atoms with van der Waals surface area (Å²) in [4.78, 5) is 0. The van der Waals surface area contributed by atoms with E-state index in [4.69, 9.17) is 0 Å². The van der Waals surface area contributed by atoms with E-state index in [1.807, 2.05) is 42.2 Å². The monoisotopic (exact) mass is 242 g/mol. The van der Waals surface area contributed by atoms with Crippen molar-refractivity contribution in [3.8, 4) is 0 Å². The van der Waals surface area contributed by atoms with E-state index in [9.17, 15) is 5.11 Å². The molecule has 0 radical (unpaired) electrons. The van der Waals surface area contributed by atoms with Gasteiger partial charge in [-0.2, -0.15) is 5.10 Å². The van der Waals surface area contributed by atoms with Gasteiger partial charge in [-0.05, 0) is 36.0 Å². The lowest BCUT2D eigenvalue weighted by Gasteiger charge is -2.34. The topological polar surface area (TPSA) is 38.0 Å². The molecule has 94 valence electrons. The van der Waals surface area contributed by atoms with Crippen molar-refractivity contribution >= 4 is 0 Å². The first kappa shape index (κ1) is 11.5. The maximum Gasteiger partial charge on any atom is 0.102 e. The molecule has 0 saturated carbocycles. The highest BCUT2D eigenvalue weighted by Crippen LogP contribution is 2.43. The van der Waals surface area contributed by atoms with Crippen LogP contribution in [0.3, 0.4) is 0 Å². The molecule has 1 aromatic heterocycles. The molecule has 0 bridgehead atoms. The molecule has 3 nitrogen and oxygen atoms in total. The second kappa shape index (κ2) is 4.25. The fraction of sp³-hybridized carbons (Fsp3) is 0.400. The van der Waals surface area contributed by atoms with E-state index in [2.05, 4.69) is 18.1 Å². The minimum Gasteiger partial charge on any atom is -0.386 e. The lowest BCUT2D eigenvalue weighted by molar-refractivity contribution is 0.0864. The average molecular weight is 242 g/mol. The minimum absolute atomic E-state index is 0.0450. The van der Waals surface area contributed by atoms with Crippen molar-refractivity contribution in [3.05, 3.63) is 53.3 Å². The number of aliphatic hydroxyl groups excluding tert-OH is 1. The van der Waals surface area contributed by atoms with Crippen LogP contribution >= 0.6 is 0 Å². The van der Waals surface area contributed by atoms with Crippen LogP contribution in [0.5, 0.6) is 0 Å². The van der Waals surface area contributed by atoms with Crippen LogP contribution in [0.2, 0.25) is 0 Å². The van der Waals surface area contributed by atoms with Crippen molar-refractivity contribution in [3.63, 3.8) is 0 Å². The largest absolute Gasteiger partial charge is 0.386 e. The zero-order chi connectivity index (χ0) is 12.7. The van der Waals surface area contributed by atoms with E-state index in [-0.39, 0.29) is 6.04 Å². The Labute approximate surface area is 107 Å². The molecule has 0 amide bonds. The summed E-state index contributed by atoms with van der Waals surface area (Å²) in [5, 5.41) is 14.9. The third-order valence-electron chi connectivity index (χ3n) is 3.88. The van der Waals surface area contributed by atoms with Crippen LogP contribution in [0.25, 0.3) is 0 Å². The number of hydrogen-bond donors (Lipinski definition) is 1. The number of aryl methyl sites for hydroxylation is 1. The second-order valence-corrected chi connectivity index (χ2v) is 5.28. The summed E-state index contributed by atoms with van der Waals surface area (Å²) in [6, 6.07) is 8.22. The van der Waals surface area contributed by atoms with Gasteiger partial charge in [0.1, 0.15) is 6.10 Å². The average Bonchev–Trinajstić information content (AvgIpc) is 2.80. The zero-order valence-electron chi connectivity index (χ0n) is 10.7. The molecule has 0 aliphatic heterocycles. The standard InChI is InChI=1S/C15H18N2O/c1-10-8-16-17(9-10)14-7-11(2)12-5-3-4-6-13(12)15(14)18/h3-6,8-9,11,14-15,18H,7H2,1-2H3. The number of aromatic nitrogens is 2. The predicted octanol–water partition coefficient (Wildman–Crippen LogP) is 2.97. The highest BCUT2D eigenvalue weighted by molar-refractivity contribution is 5.35. The summed E-state index contributed by atoms with van der Waals surface area (Å²) in [6.07, 6.45) is 4.32. The number of benzene rings is 1. The molecular formula is C15H18N2O. The van der Waals surface area contributed by atoms with Crippen molar-refractivity contribution in [2.75, 3.05) is 0 Å². The first-order valence-electron chi connectivity index (χ1n) is 6.44. The number of aliphatic hydroxyl groups is 1. The Kier molecular flexibility index (Phi) is 2.71. The summed E-state index contributed by atoms with van der Waals surface area (Å²) >= 11 is 0. The normalized spacial score (nSPS) is 26.9. The molecule has 3 unspecified atom stereocenters. The number of hydrogen-bond acceptors (Lipinski definition) is 2. The van der Waals surface area contributed by atoms with Crippen LogP contribution in [0, 0.1) is 6.92 Å². The van der Waals surface area contributed by atoms with Gasteiger partial charge in [0.2, 0.25) is 0 Å². The van der Waals surface area contributed by atoms with E-state index in [1.165, 1.54) is 5.56 Å². The van der Waals surface area contributed by atoms with Gasteiger partial charge in [-0.1, -0.05) is 31.2 Å². The van der Waals surface area contributed by atoms with Gasteiger partial charge in [-0.3, -0.25) is 4.68 Å². The quantitative estimate of drug-likeness (QED) is 0.834. The van der Waals surface area contributed by atoms with E-state index in [1.54, 1.807) is 0 Å². The van der Waals surface area contributed by atoms with Crippen molar-refractivity contribution in [1.29, 1.82) is 0 Å². The number of nitrogens with zero attached hydrogens (tertiary/aromatic N) is 2. The van der Waals surface area contributed by atoms with E-state index in [0.717, 1.165) is 17.5 Å². The first-order valence-corrected chi connectivity index (χ1v) is 6.44. The fourth-order valence-corrected chi connectivity index (χ4v) is 2.92. The molecule has 1 aromatic carbocycles. The molecule has 0 fully saturated rings. The molecule has 1 N–H and O–H groups in total. The van der Waals surface area contributed by atoms with Gasteiger partial charge in [0.25, 0.3) is 0 Å². The van der Waals surface area contributed by atoms with E-state index >= 15 is 0 Å². The van der Waals surface area contributed by atoms with Gasteiger partial charge in [-0.25, -0.2) is 0 Å². The summed E-state index contributed by atoms with van der Waals surface area (Å²) in [5.41, 5.74) is 3.45. The molecular weight excluding hydrogens is 224 g/mol. The maximum absolute atomic E-state index is 10.5. The molecule has 1 aliphatic rings. The van der Waals surface area contributed by atoms with Gasteiger partial charge < -0.3 is 5.11 Å². The molecule has 0 spiro atoms. The van der Waals surface area contributed by atoms with Gasteiger partial charge in [-0.15, -0.1) is 0 Å². The Bertz CT molecular complexity index is 561. The van der Waals surface area contributed by atoms with Gasteiger partial charge >= 0.3 is 0 Å². The van der Waals surface area contributed by atoms with Crippen LogP contribution < -0.4 is 0 Å². The van der Waals surface area contributed by atoms with Gasteiger partial charge in [0.05, 0.1) is 12.2 Å². The Balaban J connectivity index is 2.01. The Morgan fingerprint density at radius 1 is 1.28 bits per heavy atom. The Morgan fingerprint density at radius 3 is 2.67 bits per heavy atom. The third kappa shape index (κ3) is 1.75. The highest BCUT2D eigenvalue weighted by Gasteiger charge is 2.33. The maximum atomic E-state index is 10.5. The van der Waals surface area contributed by atoms with Gasteiger partial charge in [0, 0.05) is 6.20 Å². The highest BCUT2D eigenvalue weighted by atomic mass is 16.3. The number of rotatable bonds is 1. The lowest BCUT2D eigenvalue weighted by Crippen LogP contribution is -2.26. The van der Waals surface area contributed by atoms with Crippen molar-refractivity contribution in [2.24, 2.45) is 0 Å². The molecule has 1 aliphatic carbocycles. The molecule has 2 aromatic rings. The zero-order valence-corrected chi connectivity index (χ0v) is 10.7. The van der Waals surface area contributed by atoms with Crippen LogP contribution in [-0.2, 0) is 0 Å². The van der Waals surface area contributed by atoms with Crippen LogP contribution in [0.15, 0.2) is 36.7 Å². The molecule has 3 heteroatoms. The summed E-state index contributed by atoms with van der Waals surface area (Å²) in [5.74, 6) is 0.458. The van der Waals surface area contributed by atoms with Crippen molar-refractivity contribution in [2.45, 2.75) is 38.3 Å². The first-order chi connectivity index (χ1) is 8.66. The molecule has 3 rings (SSSR count). The lowest BCUT2D eigenvalue weighted by atomic mass is 9.79. The smallest absolute Gasteiger partial charge is 0.102 e. The van der Waals surface area contributed by atoms with E-state index < -0.39 is 6.10 Å². The van der Waals surface area contributed by atoms with Gasteiger partial charge in [0.15, 0.2) is 0 Å². The summed E-state index contributed by atoms with van der Waals surface area (Å²) in [6.45, 7) is 4.24. The van der Waals surface area contributed by atoms with Crippen LogP contribution in [0.4, 0.5) is 0 Å².